The molecule has 0 saturated carbocycles. The van der Waals surface area contributed by atoms with Gasteiger partial charge in [0.1, 0.15) is 5.70 Å². The molecule has 31 heavy (non-hydrogen) atoms. The fourth-order valence-corrected chi connectivity index (χ4v) is 3.83. The molecule has 0 saturated heterocycles. The highest BCUT2D eigenvalue weighted by Crippen LogP contribution is 2.36. The monoisotopic (exact) mass is 450 g/mol. The second kappa shape index (κ2) is 8.22. The van der Waals surface area contributed by atoms with Crippen molar-refractivity contribution in [1.82, 2.24) is 0 Å². The summed E-state index contributed by atoms with van der Waals surface area (Å²) in [6.07, 6.45) is 0. The number of halogens is 2. The van der Waals surface area contributed by atoms with Gasteiger partial charge >= 0.3 is 0 Å². The van der Waals surface area contributed by atoms with E-state index in [9.17, 15) is 9.59 Å². The van der Waals surface area contributed by atoms with Gasteiger partial charge in [0.2, 0.25) is 0 Å². The number of nitrogens with one attached hydrogen (secondary N) is 1. The zero-order valence-electron chi connectivity index (χ0n) is 17.3. The van der Waals surface area contributed by atoms with Crippen molar-refractivity contribution in [2.75, 3.05) is 10.2 Å². The maximum atomic E-state index is 13.5. The number of rotatable bonds is 4. The molecule has 0 aliphatic carbocycles. The molecule has 1 aliphatic heterocycles. The van der Waals surface area contributed by atoms with Crippen LogP contribution in [0.2, 0.25) is 10.0 Å². The lowest BCUT2D eigenvalue weighted by molar-refractivity contribution is -0.120. The molecule has 156 valence electrons. The van der Waals surface area contributed by atoms with E-state index in [-0.39, 0.29) is 11.6 Å². The summed E-state index contributed by atoms with van der Waals surface area (Å²) in [6, 6.07) is 18.0. The summed E-state index contributed by atoms with van der Waals surface area (Å²) in [7, 11) is 0. The van der Waals surface area contributed by atoms with Gasteiger partial charge in [-0.2, -0.15) is 0 Å². The van der Waals surface area contributed by atoms with Gasteiger partial charge in [0.25, 0.3) is 11.8 Å². The Labute approximate surface area is 191 Å². The topological polar surface area (TPSA) is 49.4 Å². The number of hydrogen-bond acceptors (Lipinski definition) is 3. The van der Waals surface area contributed by atoms with Crippen molar-refractivity contribution in [2.45, 2.75) is 20.8 Å². The van der Waals surface area contributed by atoms with Crippen LogP contribution in [0.25, 0.3) is 5.57 Å². The Morgan fingerprint density at radius 1 is 0.774 bits per heavy atom. The second-order valence-corrected chi connectivity index (χ2v) is 8.43. The molecular formula is C25H20Cl2N2O2. The molecule has 0 fully saturated rings. The highest BCUT2D eigenvalue weighted by molar-refractivity contribution is 6.46. The van der Waals surface area contributed by atoms with Crippen LogP contribution in [-0.2, 0) is 9.59 Å². The lowest BCUT2D eigenvalue weighted by atomic mass is 10.0. The molecule has 0 radical (unpaired) electrons. The highest BCUT2D eigenvalue weighted by atomic mass is 35.5. The van der Waals surface area contributed by atoms with E-state index in [1.54, 1.807) is 30.3 Å². The number of amides is 2. The minimum Gasteiger partial charge on any atom is -0.350 e. The Balaban J connectivity index is 1.85. The summed E-state index contributed by atoms with van der Waals surface area (Å²) in [5.74, 6) is -0.804. The average molecular weight is 451 g/mol. The number of carbonyl (C=O) groups is 2. The van der Waals surface area contributed by atoms with Gasteiger partial charge in [0, 0.05) is 15.7 Å². The molecule has 0 atom stereocenters. The van der Waals surface area contributed by atoms with E-state index in [4.69, 9.17) is 23.2 Å². The fraction of sp³-hybridized carbons (Fsp3) is 0.120. The Hall–Kier alpha value is -3.08. The molecule has 2 amide bonds. The number of anilines is 2. The van der Waals surface area contributed by atoms with Crippen molar-refractivity contribution >= 4 is 52.0 Å². The summed E-state index contributed by atoms with van der Waals surface area (Å²) in [5, 5.41) is 4.26. The largest absolute Gasteiger partial charge is 0.350 e. The number of hydrogen-bond donors (Lipinski definition) is 1. The molecule has 1 aliphatic rings. The van der Waals surface area contributed by atoms with Crippen molar-refractivity contribution in [3.63, 3.8) is 0 Å². The molecule has 3 aromatic carbocycles. The maximum Gasteiger partial charge on any atom is 0.282 e. The minimum absolute atomic E-state index is 0.202. The van der Waals surface area contributed by atoms with Crippen LogP contribution in [-0.4, -0.2) is 11.8 Å². The minimum atomic E-state index is -0.416. The van der Waals surface area contributed by atoms with E-state index in [1.807, 2.05) is 51.1 Å². The van der Waals surface area contributed by atoms with Crippen LogP contribution in [0.5, 0.6) is 0 Å². The summed E-state index contributed by atoms with van der Waals surface area (Å²) < 4.78 is 0. The molecule has 6 heteroatoms. The maximum absolute atomic E-state index is 13.5. The highest BCUT2D eigenvalue weighted by Gasteiger charge is 2.40. The summed E-state index contributed by atoms with van der Waals surface area (Å²) in [6.45, 7) is 5.70. The van der Waals surface area contributed by atoms with Crippen LogP contribution in [0.3, 0.4) is 0 Å². The van der Waals surface area contributed by atoms with Crippen LogP contribution in [0.15, 0.2) is 66.4 Å². The van der Waals surface area contributed by atoms with Crippen molar-refractivity contribution in [1.29, 1.82) is 0 Å². The lowest BCUT2D eigenvalue weighted by Crippen LogP contribution is -2.33. The average Bonchev–Trinajstić information content (AvgIpc) is 2.97. The quantitative estimate of drug-likeness (QED) is 0.473. The lowest BCUT2D eigenvalue weighted by Gasteiger charge is -2.18. The van der Waals surface area contributed by atoms with Gasteiger partial charge in [-0.25, -0.2) is 4.90 Å². The zero-order chi connectivity index (χ0) is 22.3. The summed E-state index contributed by atoms with van der Waals surface area (Å²) >= 11 is 12.3. The van der Waals surface area contributed by atoms with Crippen LogP contribution in [0.4, 0.5) is 11.4 Å². The Morgan fingerprint density at radius 3 is 2.13 bits per heavy atom. The van der Waals surface area contributed by atoms with E-state index in [0.717, 1.165) is 16.7 Å². The summed E-state index contributed by atoms with van der Waals surface area (Å²) in [4.78, 5) is 28.3. The van der Waals surface area contributed by atoms with E-state index >= 15 is 0 Å². The number of aryl methyl sites for hydroxylation is 3. The first-order valence-electron chi connectivity index (χ1n) is 9.75. The third-order valence-electron chi connectivity index (χ3n) is 5.26. The van der Waals surface area contributed by atoms with Crippen molar-refractivity contribution in [3.8, 4) is 0 Å². The Bertz CT molecular complexity index is 1250. The fourth-order valence-electron chi connectivity index (χ4n) is 3.52. The first-order chi connectivity index (χ1) is 14.8. The van der Waals surface area contributed by atoms with Gasteiger partial charge in [-0.3, -0.25) is 9.59 Å². The van der Waals surface area contributed by atoms with E-state index in [2.05, 4.69) is 5.32 Å². The molecular weight excluding hydrogens is 431 g/mol. The normalized spacial score (nSPS) is 13.9. The van der Waals surface area contributed by atoms with Crippen LogP contribution >= 0.6 is 23.2 Å². The molecule has 0 spiro atoms. The third-order valence-corrected chi connectivity index (χ3v) is 5.92. The van der Waals surface area contributed by atoms with E-state index in [1.165, 1.54) is 4.90 Å². The van der Waals surface area contributed by atoms with E-state index in [0.29, 0.717) is 32.6 Å². The van der Waals surface area contributed by atoms with Gasteiger partial charge in [-0.1, -0.05) is 53.5 Å². The Kier molecular flexibility index (Phi) is 5.61. The van der Waals surface area contributed by atoms with Gasteiger partial charge < -0.3 is 5.32 Å². The van der Waals surface area contributed by atoms with Gasteiger partial charge in [0.15, 0.2) is 0 Å². The standard InChI is InChI=1S/C25H20Cl2N2O2/c1-14-4-5-16(3)21(12-14)29-24(30)22(17-7-9-18(26)10-8-17)23(25(29)31)28-19-11-6-15(2)20(27)13-19/h4-13,28H,1-3H3. The number of carbonyl (C=O) groups excluding carboxylic acids is 2. The Morgan fingerprint density at radius 2 is 1.45 bits per heavy atom. The van der Waals surface area contributed by atoms with Crippen molar-refractivity contribution in [3.05, 3.63) is 98.7 Å². The van der Waals surface area contributed by atoms with Gasteiger partial charge in [-0.05, 0) is 73.4 Å². The number of nitrogens with zero attached hydrogens (tertiary/aromatic N) is 1. The number of benzene rings is 3. The summed E-state index contributed by atoms with van der Waals surface area (Å²) in [5.41, 5.74) is 5.01. The second-order valence-electron chi connectivity index (χ2n) is 7.58. The smallest absolute Gasteiger partial charge is 0.282 e. The predicted octanol–water partition coefficient (Wildman–Crippen LogP) is 6.32. The molecule has 1 N–H and O–H groups in total. The molecule has 4 rings (SSSR count). The van der Waals surface area contributed by atoms with Gasteiger partial charge in [-0.15, -0.1) is 0 Å². The van der Waals surface area contributed by atoms with Crippen LogP contribution in [0.1, 0.15) is 22.3 Å². The van der Waals surface area contributed by atoms with Crippen molar-refractivity contribution < 1.29 is 9.59 Å². The first-order valence-corrected chi connectivity index (χ1v) is 10.5. The number of imide groups is 1. The molecule has 1 heterocycles. The third kappa shape index (κ3) is 3.97. The molecule has 0 aromatic heterocycles. The molecule has 0 unspecified atom stereocenters. The zero-order valence-corrected chi connectivity index (χ0v) is 18.8. The van der Waals surface area contributed by atoms with Crippen molar-refractivity contribution in [2.24, 2.45) is 0 Å². The predicted molar refractivity (Wildman–Crippen MR) is 127 cm³/mol. The van der Waals surface area contributed by atoms with E-state index < -0.39 is 5.91 Å². The molecule has 3 aromatic rings. The first kappa shape index (κ1) is 21.2. The molecule has 0 bridgehead atoms. The van der Waals surface area contributed by atoms with Crippen LogP contribution < -0.4 is 10.2 Å². The van der Waals surface area contributed by atoms with Gasteiger partial charge in [0.05, 0.1) is 11.3 Å². The van der Waals surface area contributed by atoms with Crippen LogP contribution in [0, 0.1) is 20.8 Å². The molecule has 4 nitrogen and oxygen atoms in total. The SMILES string of the molecule is Cc1ccc(C)c(N2C(=O)C(Nc3ccc(C)c(Cl)c3)=C(c3ccc(Cl)cc3)C2=O)c1.